The molecule has 0 bridgehead atoms. The Balaban J connectivity index is 0.000000735. The van der Waals surface area contributed by atoms with Gasteiger partial charge in [-0.1, -0.05) is 12.1 Å². The number of esters is 1. The van der Waals surface area contributed by atoms with Crippen molar-refractivity contribution in [2.45, 2.75) is 19.3 Å². The van der Waals surface area contributed by atoms with E-state index in [0.29, 0.717) is 32.0 Å². The molecule has 30 heavy (non-hydrogen) atoms. The van der Waals surface area contributed by atoms with Gasteiger partial charge < -0.3 is 24.1 Å². The third kappa shape index (κ3) is 7.46. The van der Waals surface area contributed by atoms with Crippen LogP contribution >= 0.6 is 0 Å². The van der Waals surface area contributed by atoms with Crippen molar-refractivity contribution in [2.24, 2.45) is 0 Å². The van der Waals surface area contributed by atoms with Crippen LogP contribution in [0.2, 0.25) is 0 Å². The van der Waals surface area contributed by atoms with Gasteiger partial charge in [-0.05, 0) is 23.8 Å². The van der Waals surface area contributed by atoms with Gasteiger partial charge in [0.1, 0.15) is 11.5 Å². The fourth-order valence-corrected chi connectivity index (χ4v) is 2.68. The number of phenolic OH excluding ortho intramolecular Hbond substituents is 1. The quantitative estimate of drug-likeness (QED) is 0.286. The Hall–Kier alpha value is -2.97. The van der Waals surface area contributed by atoms with E-state index in [9.17, 15) is 9.90 Å². The topological polar surface area (TPSA) is 92.7 Å². The molecule has 1 aliphatic heterocycles. The zero-order valence-electron chi connectivity index (χ0n) is 17.5. The Bertz CT molecular complexity index is 786. The molecule has 164 valence electrons. The number of fused-ring (bicyclic) bond motifs is 1. The number of methoxy groups -OCH3 is 1. The second-order valence-corrected chi connectivity index (χ2v) is 6.31. The van der Waals surface area contributed by atoms with E-state index in [0.717, 1.165) is 29.0 Å². The average Bonchev–Trinajstić information content (AvgIpc) is 3.21. The van der Waals surface area contributed by atoms with Gasteiger partial charge in [0.15, 0.2) is 11.5 Å². The second kappa shape index (κ2) is 12.6. The van der Waals surface area contributed by atoms with Crippen LogP contribution < -0.4 is 14.2 Å². The first-order valence-electron chi connectivity index (χ1n) is 9.54. The lowest BCUT2D eigenvalue weighted by Gasteiger charge is -2.11. The summed E-state index contributed by atoms with van der Waals surface area (Å²) in [6.07, 6.45) is 1.73. The van der Waals surface area contributed by atoms with Crippen LogP contribution in [0.25, 0.3) is 0 Å². The molecule has 1 aliphatic rings. The predicted molar refractivity (Wildman–Crippen MR) is 109 cm³/mol. The minimum atomic E-state index is -0.268. The van der Waals surface area contributed by atoms with Crippen LogP contribution in [0.15, 0.2) is 36.4 Å². The third-order valence-electron chi connectivity index (χ3n) is 4.25. The number of ether oxygens (including phenoxy) is 4. The number of benzene rings is 2. The normalized spacial score (nSPS) is 11.6. The lowest BCUT2D eigenvalue weighted by Crippen LogP contribution is -2.06. The van der Waals surface area contributed by atoms with Crippen LogP contribution in [0, 0.1) is 0 Å². The summed E-state index contributed by atoms with van der Waals surface area (Å²) in [5, 5.41) is 9.97. The SMILES string of the molecule is COC(=O)Cc1ccc(OCCCOc2cc3c(cc2O)CCO3)cc1.COOC. The van der Waals surface area contributed by atoms with E-state index in [-0.39, 0.29) is 18.1 Å². The highest BCUT2D eigenvalue weighted by molar-refractivity contribution is 5.72. The van der Waals surface area contributed by atoms with Gasteiger partial charge in [0, 0.05) is 24.5 Å². The molecule has 8 nitrogen and oxygen atoms in total. The Morgan fingerprint density at radius 1 is 1.03 bits per heavy atom. The molecule has 0 aliphatic carbocycles. The molecule has 0 aromatic heterocycles. The summed E-state index contributed by atoms with van der Waals surface area (Å²) in [7, 11) is 4.29. The van der Waals surface area contributed by atoms with E-state index in [2.05, 4.69) is 14.5 Å². The number of hydrogen-bond acceptors (Lipinski definition) is 8. The van der Waals surface area contributed by atoms with Crippen LogP contribution in [0.1, 0.15) is 17.5 Å². The monoisotopic (exact) mass is 420 g/mol. The third-order valence-corrected chi connectivity index (χ3v) is 4.25. The van der Waals surface area contributed by atoms with E-state index in [1.54, 1.807) is 12.1 Å². The number of hydrogen-bond donors (Lipinski definition) is 1. The summed E-state index contributed by atoms with van der Waals surface area (Å²) in [6.45, 7) is 1.55. The van der Waals surface area contributed by atoms with Gasteiger partial charge in [-0.15, -0.1) is 0 Å². The molecule has 1 N–H and O–H groups in total. The molecule has 1 heterocycles. The van der Waals surface area contributed by atoms with Crippen LogP contribution in [-0.4, -0.2) is 52.2 Å². The van der Waals surface area contributed by atoms with Crippen molar-refractivity contribution in [3.05, 3.63) is 47.5 Å². The fraction of sp³-hybridized carbons (Fsp3) is 0.409. The number of phenols is 1. The molecule has 8 heteroatoms. The molecule has 0 atom stereocenters. The number of aromatic hydroxyl groups is 1. The molecule has 0 saturated heterocycles. The Labute approximate surface area is 176 Å². The Kier molecular flexibility index (Phi) is 9.76. The fourth-order valence-electron chi connectivity index (χ4n) is 2.68. The van der Waals surface area contributed by atoms with Crippen molar-refractivity contribution in [1.82, 2.24) is 0 Å². The van der Waals surface area contributed by atoms with Gasteiger partial charge in [-0.2, -0.15) is 0 Å². The summed E-state index contributed by atoms with van der Waals surface area (Å²) < 4.78 is 21.4. The molecule has 0 saturated carbocycles. The summed E-state index contributed by atoms with van der Waals surface area (Å²) in [5.41, 5.74) is 1.88. The highest BCUT2D eigenvalue weighted by Crippen LogP contribution is 2.36. The first kappa shape index (κ1) is 23.3. The molecule has 0 fully saturated rings. The largest absolute Gasteiger partial charge is 0.504 e. The number of rotatable bonds is 9. The molecule has 0 radical (unpaired) electrons. The van der Waals surface area contributed by atoms with Gasteiger partial charge in [-0.3, -0.25) is 4.79 Å². The van der Waals surface area contributed by atoms with E-state index in [1.165, 1.54) is 21.3 Å². The maximum absolute atomic E-state index is 11.2. The van der Waals surface area contributed by atoms with Crippen molar-refractivity contribution in [3.8, 4) is 23.0 Å². The number of carbonyl (C=O) groups is 1. The molecule has 3 rings (SSSR count). The van der Waals surface area contributed by atoms with Crippen LogP contribution in [0.5, 0.6) is 23.0 Å². The molecule has 0 unspecified atom stereocenters. The predicted octanol–water partition coefficient (Wildman–Crippen LogP) is 3.08. The smallest absolute Gasteiger partial charge is 0.309 e. The molecule has 2 aromatic rings. The molecular weight excluding hydrogens is 392 g/mol. The molecular formula is C22H28O8. The summed E-state index contributed by atoms with van der Waals surface area (Å²) >= 11 is 0. The van der Waals surface area contributed by atoms with Gasteiger partial charge in [0.25, 0.3) is 0 Å². The average molecular weight is 420 g/mol. The minimum Gasteiger partial charge on any atom is -0.504 e. The van der Waals surface area contributed by atoms with E-state index in [4.69, 9.17) is 14.2 Å². The van der Waals surface area contributed by atoms with Crippen molar-refractivity contribution >= 4 is 5.97 Å². The Morgan fingerprint density at radius 2 is 1.73 bits per heavy atom. The van der Waals surface area contributed by atoms with Crippen molar-refractivity contribution in [3.63, 3.8) is 0 Å². The van der Waals surface area contributed by atoms with Crippen molar-refractivity contribution in [1.29, 1.82) is 0 Å². The van der Waals surface area contributed by atoms with Gasteiger partial charge in [0.2, 0.25) is 0 Å². The van der Waals surface area contributed by atoms with Crippen molar-refractivity contribution in [2.75, 3.05) is 41.2 Å². The van der Waals surface area contributed by atoms with E-state index >= 15 is 0 Å². The maximum atomic E-state index is 11.2. The summed E-state index contributed by atoms with van der Waals surface area (Å²) in [5.74, 6) is 1.80. The lowest BCUT2D eigenvalue weighted by atomic mass is 10.1. The molecule has 0 amide bonds. The standard InChI is InChI=1S/C20H22O6.C2H6O2/c1-23-20(22)11-14-3-5-16(6-4-14)24-8-2-9-25-19-13-18-15(7-10-26-18)12-17(19)21;1-3-4-2/h3-6,12-13,21H,2,7-11H2,1H3;1-2H3. The molecule has 2 aromatic carbocycles. The van der Waals surface area contributed by atoms with E-state index in [1.807, 2.05) is 24.3 Å². The van der Waals surface area contributed by atoms with Gasteiger partial charge in [0.05, 0.1) is 47.6 Å². The highest BCUT2D eigenvalue weighted by atomic mass is 17.2. The highest BCUT2D eigenvalue weighted by Gasteiger charge is 2.16. The molecule has 0 spiro atoms. The van der Waals surface area contributed by atoms with Crippen molar-refractivity contribution < 1.29 is 38.6 Å². The zero-order chi connectivity index (χ0) is 21.8. The van der Waals surface area contributed by atoms with Gasteiger partial charge in [-0.25, -0.2) is 9.78 Å². The van der Waals surface area contributed by atoms with Gasteiger partial charge >= 0.3 is 5.97 Å². The van der Waals surface area contributed by atoms with Crippen LogP contribution in [0.4, 0.5) is 0 Å². The Morgan fingerprint density at radius 3 is 2.40 bits per heavy atom. The maximum Gasteiger partial charge on any atom is 0.309 e. The zero-order valence-corrected chi connectivity index (χ0v) is 17.5. The first-order chi connectivity index (χ1) is 14.6. The summed E-state index contributed by atoms with van der Waals surface area (Å²) in [4.78, 5) is 19.3. The summed E-state index contributed by atoms with van der Waals surface area (Å²) in [6, 6.07) is 10.8. The minimum absolute atomic E-state index is 0.136. The van der Waals surface area contributed by atoms with E-state index < -0.39 is 0 Å². The number of carbonyl (C=O) groups excluding carboxylic acids is 1. The van der Waals surface area contributed by atoms with Crippen LogP contribution in [0.3, 0.4) is 0 Å². The first-order valence-corrected chi connectivity index (χ1v) is 9.54. The second-order valence-electron chi connectivity index (χ2n) is 6.31. The lowest BCUT2D eigenvalue weighted by molar-refractivity contribution is -0.248. The van der Waals surface area contributed by atoms with Crippen LogP contribution in [-0.2, 0) is 32.1 Å².